The van der Waals surface area contributed by atoms with Crippen LogP contribution in [-0.4, -0.2) is 46.9 Å². The molecule has 34 heavy (non-hydrogen) atoms. The smallest absolute Gasteiger partial charge is 0.480 e. The number of carbonyl (C=O) groups is 4. The molecule has 0 aliphatic carbocycles. The number of carbonyl (C=O) groups excluding carboxylic acids is 3. The summed E-state index contributed by atoms with van der Waals surface area (Å²) in [5.41, 5.74) is 4.89. The van der Waals surface area contributed by atoms with Gasteiger partial charge in [0.25, 0.3) is 0 Å². The monoisotopic (exact) mass is 481 g/mol. The van der Waals surface area contributed by atoms with Crippen molar-refractivity contribution in [3.63, 3.8) is 0 Å². The Kier molecular flexibility index (Phi) is 11.0. The molecule has 0 saturated carbocycles. The van der Waals surface area contributed by atoms with E-state index in [4.69, 9.17) is 24.7 Å². The zero-order valence-electron chi connectivity index (χ0n) is 20.6. The van der Waals surface area contributed by atoms with Crippen LogP contribution >= 0.6 is 0 Å². The van der Waals surface area contributed by atoms with Crippen LogP contribution in [0.4, 0.5) is 4.79 Å². The van der Waals surface area contributed by atoms with E-state index in [2.05, 4.69) is 0 Å². The molecule has 0 radical (unpaired) electrons. The molecule has 0 aliphatic heterocycles. The summed E-state index contributed by atoms with van der Waals surface area (Å²) in [4.78, 5) is 47.7. The van der Waals surface area contributed by atoms with Crippen LogP contribution in [0.15, 0.2) is 18.2 Å². The highest BCUT2D eigenvalue weighted by Crippen LogP contribution is 2.32. The molecule has 10 nitrogen and oxygen atoms in total. The van der Waals surface area contributed by atoms with E-state index in [-0.39, 0.29) is 36.9 Å². The number of nitrogens with two attached hydrogens (primary N) is 1. The predicted molar refractivity (Wildman–Crippen MR) is 122 cm³/mol. The van der Waals surface area contributed by atoms with Crippen molar-refractivity contribution in [2.45, 2.75) is 85.0 Å². The molecule has 3 N–H and O–H groups in total. The minimum Gasteiger partial charge on any atom is -0.480 e. The fourth-order valence-electron chi connectivity index (χ4n) is 2.93. The van der Waals surface area contributed by atoms with Crippen molar-refractivity contribution < 1.29 is 43.2 Å². The summed E-state index contributed by atoms with van der Waals surface area (Å²) in [6.45, 7) is 9.88. The normalized spacial score (nSPS) is 15.3. The Balaban J connectivity index is 3.19. The minimum atomic E-state index is -1.84. The van der Waals surface area contributed by atoms with Gasteiger partial charge in [-0.2, -0.15) is 0 Å². The van der Waals surface area contributed by atoms with Crippen LogP contribution in [-0.2, 0) is 30.3 Å². The highest BCUT2D eigenvalue weighted by atomic mass is 16.7. The molecule has 1 aromatic carbocycles. The number of hydrogen-bond acceptors (Lipinski definition) is 9. The van der Waals surface area contributed by atoms with E-state index in [1.807, 2.05) is 6.92 Å². The summed E-state index contributed by atoms with van der Waals surface area (Å²) < 4.78 is 20.8. The molecule has 0 spiro atoms. The largest absolute Gasteiger partial charge is 0.508 e. The van der Waals surface area contributed by atoms with Crippen LogP contribution in [0.2, 0.25) is 0 Å². The summed E-state index contributed by atoms with van der Waals surface area (Å²) in [6, 6.07) is 4.35. The van der Waals surface area contributed by atoms with Crippen molar-refractivity contribution in [2.75, 3.05) is 0 Å². The SMILES string of the molecule is CCC(=O)Oc1ccc(C[C@](N)(C(=O)O)[C@H](C)[C@H](C)OC(=O)OC(C)CC)cc1OC(=O)CC. The van der Waals surface area contributed by atoms with Crippen molar-refractivity contribution in [3.8, 4) is 11.5 Å². The molecule has 0 saturated heterocycles. The Morgan fingerprint density at radius 2 is 1.50 bits per heavy atom. The third-order valence-corrected chi connectivity index (χ3v) is 5.60. The molecule has 10 heteroatoms. The topological polar surface area (TPSA) is 151 Å². The zero-order chi connectivity index (χ0) is 26.1. The van der Waals surface area contributed by atoms with E-state index in [0.717, 1.165) is 0 Å². The number of aliphatic carboxylic acids is 1. The average molecular weight is 482 g/mol. The van der Waals surface area contributed by atoms with Gasteiger partial charge in [0.05, 0.1) is 0 Å². The zero-order valence-corrected chi connectivity index (χ0v) is 20.6. The summed E-state index contributed by atoms with van der Waals surface area (Å²) in [6.07, 6.45) is -1.51. The van der Waals surface area contributed by atoms with Gasteiger partial charge in [-0.05, 0) is 38.0 Å². The molecule has 0 bridgehead atoms. The Bertz CT molecular complexity index is 885. The van der Waals surface area contributed by atoms with Gasteiger partial charge >= 0.3 is 24.1 Å². The van der Waals surface area contributed by atoms with E-state index in [9.17, 15) is 24.3 Å². The summed E-state index contributed by atoms with van der Waals surface area (Å²) in [5.74, 6) is -3.20. The standard InChI is InChI=1S/C24H35NO9/c1-7-14(4)31-23(30)32-16(6)15(5)24(25,22(28)29)13-17-10-11-18(33-20(26)8-2)19(12-17)34-21(27)9-3/h10-12,14-16H,7-9,13,25H2,1-6H3,(H,28,29)/t14?,15-,16+,24-/m1/s1. The fourth-order valence-corrected chi connectivity index (χ4v) is 2.93. The van der Waals surface area contributed by atoms with Crippen LogP contribution in [0.5, 0.6) is 11.5 Å². The molecule has 0 aromatic heterocycles. The van der Waals surface area contributed by atoms with Gasteiger partial charge in [-0.25, -0.2) is 4.79 Å². The highest BCUT2D eigenvalue weighted by Gasteiger charge is 2.44. The van der Waals surface area contributed by atoms with Crippen molar-refractivity contribution in [1.29, 1.82) is 0 Å². The first-order chi connectivity index (χ1) is 15.9. The second-order valence-electron chi connectivity index (χ2n) is 8.16. The second kappa shape index (κ2) is 12.9. The molecule has 190 valence electrons. The maximum absolute atomic E-state index is 12.2. The van der Waals surface area contributed by atoms with Gasteiger partial charge in [0.15, 0.2) is 11.5 Å². The van der Waals surface area contributed by atoms with Gasteiger partial charge in [-0.15, -0.1) is 0 Å². The van der Waals surface area contributed by atoms with Crippen LogP contribution in [0.25, 0.3) is 0 Å². The van der Waals surface area contributed by atoms with Gasteiger partial charge in [-0.1, -0.05) is 33.8 Å². The molecular weight excluding hydrogens is 446 g/mol. The van der Waals surface area contributed by atoms with Crippen LogP contribution < -0.4 is 15.2 Å². The lowest BCUT2D eigenvalue weighted by atomic mass is 9.78. The van der Waals surface area contributed by atoms with E-state index in [1.54, 1.807) is 27.7 Å². The fraction of sp³-hybridized carbons (Fsp3) is 0.583. The third-order valence-electron chi connectivity index (χ3n) is 5.60. The first kappa shape index (κ1) is 28.9. The van der Waals surface area contributed by atoms with Crippen LogP contribution in [0.1, 0.15) is 66.4 Å². The molecule has 0 aliphatic rings. The highest BCUT2D eigenvalue weighted by molar-refractivity contribution is 5.80. The third kappa shape index (κ3) is 8.02. The molecule has 1 unspecified atom stereocenters. The Morgan fingerprint density at radius 3 is 2.00 bits per heavy atom. The van der Waals surface area contributed by atoms with E-state index < -0.39 is 41.6 Å². The lowest BCUT2D eigenvalue weighted by Crippen LogP contribution is -2.58. The molecule has 1 rings (SSSR count). The minimum absolute atomic E-state index is 0.0204. The van der Waals surface area contributed by atoms with Crippen molar-refractivity contribution in [1.82, 2.24) is 0 Å². The van der Waals surface area contributed by atoms with Crippen molar-refractivity contribution in [2.24, 2.45) is 11.7 Å². The number of hydrogen-bond donors (Lipinski definition) is 2. The molecule has 0 heterocycles. The Labute approximate surface area is 199 Å². The summed E-state index contributed by atoms with van der Waals surface area (Å²) in [7, 11) is 0. The van der Waals surface area contributed by atoms with Crippen molar-refractivity contribution >= 4 is 24.1 Å². The van der Waals surface area contributed by atoms with Gasteiger partial charge < -0.3 is 29.8 Å². The predicted octanol–water partition coefficient (Wildman–Crippen LogP) is 3.62. The maximum atomic E-state index is 12.2. The van der Waals surface area contributed by atoms with E-state index >= 15 is 0 Å². The maximum Gasteiger partial charge on any atom is 0.508 e. The number of carboxylic acids is 1. The Morgan fingerprint density at radius 1 is 0.941 bits per heavy atom. The first-order valence-electron chi connectivity index (χ1n) is 11.3. The lowest BCUT2D eigenvalue weighted by Gasteiger charge is -2.34. The number of benzene rings is 1. The molecule has 1 aromatic rings. The van der Waals surface area contributed by atoms with Crippen LogP contribution in [0, 0.1) is 5.92 Å². The number of carboxylic acid groups (broad SMARTS) is 1. The Hall–Kier alpha value is -3.14. The number of rotatable bonds is 12. The van der Waals surface area contributed by atoms with E-state index in [0.29, 0.717) is 12.0 Å². The number of esters is 2. The van der Waals surface area contributed by atoms with Gasteiger partial charge in [0.1, 0.15) is 17.7 Å². The first-order valence-corrected chi connectivity index (χ1v) is 11.3. The second-order valence-corrected chi connectivity index (χ2v) is 8.16. The van der Waals surface area contributed by atoms with Crippen molar-refractivity contribution in [3.05, 3.63) is 23.8 Å². The lowest BCUT2D eigenvalue weighted by molar-refractivity contribution is -0.147. The quantitative estimate of drug-likeness (QED) is 0.334. The average Bonchev–Trinajstić information content (AvgIpc) is 2.79. The number of ether oxygens (including phenoxy) is 4. The van der Waals surface area contributed by atoms with E-state index in [1.165, 1.54) is 25.1 Å². The van der Waals surface area contributed by atoms with Gasteiger partial charge in [0, 0.05) is 25.2 Å². The molecule has 0 amide bonds. The summed E-state index contributed by atoms with van der Waals surface area (Å²) >= 11 is 0. The van der Waals surface area contributed by atoms with Crippen LogP contribution in [0.3, 0.4) is 0 Å². The van der Waals surface area contributed by atoms with Gasteiger partial charge in [-0.3, -0.25) is 14.4 Å². The molecular formula is C24H35NO9. The van der Waals surface area contributed by atoms with Gasteiger partial charge in [0.2, 0.25) is 0 Å². The molecule has 4 atom stereocenters. The molecule has 0 fully saturated rings. The summed E-state index contributed by atoms with van der Waals surface area (Å²) in [5, 5.41) is 9.94.